The minimum Gasteiger partial charge on any atom is -0.377 e. The molecule has 0 radical (unpaired) electrons. The molecule has 0 aromatic heterocycles. The predicted octanol–water partition coefficient (Wildman–Crippen LogP) is 5.16. The maximum atomic E-state index is 14.4. The SMILES string of the molecule is O=C(c1ccccc1)[C@](O)(CCP(=O)(c1ccccc1)c1ccccc1)c1ccccc1. The molecule has 4 aromatic carbocycles. The van der Waals surface area contributed by atoms with E-state index in [0.717, 1.165) is 0 Å². The number of aliphatic hydroxyl groups is 1. The van der Waals surface area contributed by atoms with E-state index in [1.807, 2.05) is 72.8 Å². The molecule has 160 valence electrons. The van der Waals surface area contributed by atoms with E-state index in [9.17, 15) is 14.5 Å². The molecular weight excluding hydrogens is 415 g/mol. The Morgan fingerprint density at radius 2 is 1.06 bits per heavy atom. The van der Waals surface area contributed by atoms with Gasteiger partial charge < -0.3 is 9.67 Å². The fourth-order valence-electron chi connectivity index (χ4n) is 4.00. The molecule has 0 saturated heterocycles. The molecule has 1 N–H and O–H groups in total. The summed E-state index contributed by atoms with van der Waals surface area (Å²) in [5.74, 6) is -0.392. The van der Waals surface area contributed by atoms with Crippen molar-refractivity contribution in [1.29, 1.82) is 0 Å². The lowest BCUT2D eigenvalue weighted by Crippen LogP contribution is -2.37. The molecule has 1 atom stereocenters. The molecule has 0 aliphatic heterocycles. The molecule has 4 rings (SSSR count). The number of carbonyl (C=O) groups excluding carboxylic acids is 1. The maximum Gasteiger partial charge on any atom is 0.198 e. The van der Waals surface area contributed by atoms with Crippen molar-refractivity contribution in [2.75, 3.05) is 6.16 Å². The summed E-state index contributed by atoms with van der Waals surface area (Å²) in [4.78, 5) is 13.5. The van der Waals surface area contributed by atoms with E-state index >= 15 is 0 Å². The molecule has 0 amide bonds. The number of rotatable bonds is 8. The number of benzene rings is 4. The van der Waals surface area contributed by atoms with Crippen LogP contribution in [0.2, 0.25) is 0 Å². The molecule has 0 saturated carbocycles. The molecule has 0 fully saturated rings. The standard InChI is InChI=1S/C28H25O3P/c29-27(23-13-5-1-6-14-23)28(30,24-15-7-2-8-16-24)21-22-32(31,25-17-9-3-10-18-25)26-19-11-4-12-20-26/h1-20,30H,21-22H2/t28-/m0/s1. The Balaban J connectivity index is 1.76. The number of Topliss-reactive ketones (excluding diaryl/α,β-unsaturated/α-hetero) is 1. The van der Waals surface area contributed by atoms with Crippen LogP contribution in [0.4, 0.5) is 0 Å². The van der Waals surface area contributed by atoms with Gasteiger partial charge in [0.15, 0.2) is 11.4 Å². The van der Waals surface area contributed by atoms with Crippen molar-refractivity contribution in [1.82, 2.24) is 0 Å². The van der Waals surface area contributed by atoms with Crippen LogP contribution >= 0.6 is 7.14 Å². The van der Waals surface area contributed by atoms with Gasteiger partial charge in [0, 0.05) is 22.3 Å². The maximum absolute atomic E-state index is 14.4. The number of ketones is 1. The van der Waals surface area contributed by atoms with Crippen LogP contribution in [0, 0.1) is 0 Å². The van der Waals surface area contributed by atoms with E-state index in [-0.39, 0.29) is 12.6 Å². The third-order valence-electron chi connectivity index (χ3n) is 5.80. The Hall–Kier alpha value is -3.26. The van der Waals surface area contributed by atoms with Crippen LogP contribution in [0.3, 0.4) is 0 Å². The first-order valence-corrected chi connectivity index (χ1v) is 12.5. The van der Waals surface area contributed by atoms with E-state index in [0.29, 0.717) is 21.7 Å². The van der Waals surface area contributed by atoms with Gasteiger partial charge in [-0.2, -0.15) is 0 Å². The third kappa shape index (κ3) is 4.36. The van der Waals surface area contributed by atoms with Crippen LogP contribution in [0.25, 0.3) is 0 Å². The van der Waals surface area contributed by atoms with Gasteiger partial charge in [-0.25, -0.2) is 0 Å². The molecule has 0 aliphatic rings. The molecule has 0 heterocycles. The van der Waals surface area contributed by atoms with Gasteiger partial charge in [0.05, 0.1) is 0 Å². The molecule has 4 aromatic rings. The smallest absolute Gasteiger partial charge is 0.198 e. The first-order valence-electron chi connectivity index (χ1n) is 10.6. The van der Waals surface area contributed by atoms with Crippen molar-refractivity contribution in [3.8, 4) is 0 Å². The van der Waals surface area contributed by atoms with Gasteiger partial charge in [-0.05, 0) is 12.0 Å². The summed E-state index contributed by atoms with van der Waals surface area (Å²) in [6.07, 6.45) is 0.191. The second kappa shape index (κ2) is 9.48. The number of hydrogen-bond donors (Lipinski definition) is 1. The van der Waals surface area contributed by atoms with Gasteiger partial charge in [0.25, 0.3) is 0 Å². The summed E-state index contributed by atoms with van der Waals surface area (Å²) in [6.45, 7) is 0. The minimum absolute atomic E-state index is 0.0335. The van der Waals surface area contributed by atoms with Crippen LogP contribution in [0.15, 0.2) is 121 Å². The highest BCUT2D eigenvalue weighted by Gasteiger charge is 2.41. The van der Waals surface area contributed by atoms with Gasteiger partial charge >= 0.3 is 0 Å². The molecule has 0 unspecified atom stereocenters. The average Bonchev–Trinajstić information content (AvgIpc) is 2.88. The zero-order valence-corrected chi connectivity index (χ0v) is 18.6. The van der Waals surface area contributed by atoms with Crippen LogP contribution in [-0.2, 0) is 10.2 Å². The molecule has 0 bridgehead atoms. The van der Waals surface area contributed by atoms with E-state index in [2.05, 4.69) is 0 Å². The van der Waals surface area contributed by atoms with Gasteiger partial charge in [0.2, 0.25) is 0 Å². The van der Waals surface area contributed by atoms with Crippen molar-refractivity contribution in [2.45, 2.75) is 12.0 Å². The molecule has 0 aliphatic carbocycles. The van der Waals surface area contributed by atoms with E-state index in [4.69, 9.17) is 0 Å². The second-order valence-electron chi connectivity index (χ2n) is 7.81. The summed E-state index contributed by atoms with van der Waals surface area (Å²) >= 11 is 0. The topological polar surface area (TPSA) is 54.4 Å². The van der Waals surface area contributed by atoms with Crippen LogP contribution in [0.5, 0.6) is 0 Å². The third-order valence-corrected chi connectivity index (χ3v) is 8.92. The van der Waals surface area contributed by atoms with Crippen LogP contribution in [-0.4, -0.2) is 17.1 Å². The molecule has 0 spiro atoms. The van der Waals surface area contributed by atoms with E-state index < -0.39 is 18.5 Å². The largest absolute Gasteiger partial charge is 0.377 e. The van der Waals surface area contributed by atoms with Crippen molar-refractivity contribution in [3.05, 3.63) is 132 Å². The highest BCUT2D eigenvalue weighted by atomic mass is 31.2. The Labute approximate surface area is 188 Å². The van der Waals surface area contributed by atoms with Gasteiger partial charge in [0.1, 0.15) is 7.14 Å². The van der Waals surface area contributed by atoms with Crippen molar-refractivity contribution < 1.29 is 14.5 Å². The summed E-state index contributed by atoms with van der Waals surface area (Å²) in [6, 6.07) is 36.4. The zero-order chi connectivity index (χ0) is 22.4. The van der Waals surface area contributed by atoms with Gasteiger partial charge in [-0.3, -0.25) is 4.79 Å². The summed E-state index contributed by atoms with van der Waals surface area (Å²) in [5.41, 5.74) is -0.864. The van der Waals surface area contributed by atoms with Crippen LogP contribution < -0.4 is 10.6 Å². The quantitative estimate of drug-likeness (QED) is 0.304. The lowest BCUT2D eigenvalue weighted by molar-refractivity contribution is 0.0281. The van der Waals surface area contributed by atoms with E-state index in [1.165, 1.54) is 0 Å². The number of carbonyl (C=O) groups is 1. The zero-order valence-electron chi connectivity index (χ0n) is 17.7. The van der Waals surface area contributed by atoms with Gasteiger partial charge in [-0.15, -0.1) is 0 Å². The Morgan fingerprint density at radius 3 is 1.53 bits per heavy atom. The van der Waals surface area contributed by atoms with Gasteiger partial charge in [-0.1, -0.05) is 121 Å². The summed E-state index contributed by atoms with van der Waals surface area (Å²) < 4.78 is 14.4. The first kappa shape index (κ1) is 22.0. The second-order valence-corrected chi connectivity index (χ2v) is 10.8. The molecular formula is C28H25O3P. The van der Waals surface area contributed by atoms with Crippen molar-refractivity contribution in [3.63, 3.8) is 0 Å². The first-order chi connectivity index (χ1) is 15.5. The van der Waals surface area contributed by atoms with Crippen molar-refractivity contribution in [2.24, 2.45) is 0 Å². The summed E-state index contributed by atoms with van der Waals surface area (Å²) in [5, 5.41) is 13.2. The van der Waals surface area contributed by atoms with Crippen LogP contribution in [0.1, 0.15) is 22.3 Å². The Morgan fingerprint density at radius 1 is 0.656 bits per heavy atom. The lowest BCUT2D eigenvalue weighted by atomic mass is 9.84. The summed E-state index contributed by atoms with van der Waals surface area (Å²) in [7, 11) is -3.08. The predicted molar refractivity (Wildman–Crippen MR) is 130 cm³/mol. The normalized spacial score (nSPS) is 13.3. The minimum atomic E-state index is -3.08. The Bertz CT molecular complexity index is 1170. The Kier molecular flexibility index (Phi) is 6.50. The monoisotopic (exact) mass is 440 g/mol. The number of hydrogen-bond acceptors (Lipinski definition) is 3. The highest BCUT2D eigenvalue weighted by Crippen LogP contribution is 2.46. The molecule has 4 heteroatoms. The van der Waals surface area contributed by atoms with E-state index in [1.54, 1.807) is 48.5 Å². The fraction of sp³-hybridized carbons (Fsp3) is 0.107. The highest BCUT2D eigenvalue weighted by molar-refractivity contribution is 7.78. The molecule has 32 heavy (non-hydrogen) atoms. The lowest BCUT2D eigenvalue weighted by Gasteiger charge is -2.30. The van der Waals surface area contributed by atoms with Crippen molar-refractivity contribution >= 4 is 23.5 Å². The molecule has 3 nitrogen and oxygen atoms in total. The average molecular weight is 440 g/mol. The fourth-order valence-corrected chi connectivity index (χ4v) is 6.76.